The van der Waals surface area contributed by atoms with Crippen molar-refractivity contribution in [3.8, 4) is 0 Å². The molecule has 0 aliphatic carbocycles. The van der Waals surface area contributed by atoms with E-state index in [0.29, 0.717) is 22.5 Å². The molecule has 112 valence electrons. The second-order valence-corrected chi connectivity index (χ2v) is 5.88. The van der Waals surface area contributed by atoms with Crippen LogP contribution in [0.2, 0.25) is 10.0 Å². The summed E-state index contributed by atoms with van der Waals surface area (Å²) in [4.78, 5) is 12.0. The van der Waals surface area contributed by atoms with Gasteiger partial charge in [0, 0.05) is 12.1 Å². The maximum atomic E-state index is 12.0. The van der Waals surface area contributed by atoms with E-state index in [1.807, 2.05) is 6.07 Å². The van der Waals surface area contributed by atoms with Crippen LogP contribution in [0, 0.1) is 0 Å². The lowest BCUT2D eigenvalue weighted by atomic mass is 10.0. The molecule has 2 unspecified atom stereocenters. The molecule has 2 rings (SSSR count). The fourth-order valence-corrected chi connectivity index (χ4v) is 2.70. The first kappa shape index (κ1) is 17.6. The topological polar surface area (TPSA) is 41.1 Å². The molecule has 0 saturated carbocycles. The van der Waals surface area contributed by atoms with Crippen molar-refractivity contribution in [3.63, 3.8) is 0 Å². The van der Waals surface area contributed by atoms with E-state index >= 15 is 0 Å². The minimum absolute atomic E-state index is 0. The van der Waals surface area contributed by atoms with Gasteiger partial charge in [-0.1, -0.05) is 29.3 Å². The van der Waals surface area contributed by atoms with Gasteiger partial charge >= 0.3 is 0 Å². The Bertz CT molecular complexity index is 468. The lowest BCUT2D eigenvalue weighted by Gasteiger charge is -2.28. The van der Waals surface area contributed by atoms with Crippen LogP contribution in [0.3, 0.4) is 0 Å². The van der Waals surface area contributed by atoms with Crippen LogP contribution < -0.4 is 10.6 Å². The third-order valence-electron chi connectivity index (χ3n) is 3.34. The number of benzene rings is 1. The van der Waals surface area contributed by atoms with Crippen LogP contribution in [-0.2, 0) is 11.2 Å². The Balaban J connectivity index is 0.00000200. The van der Waals surface area contributed by atoms with Gasteiger partial charge in [-0.2, -0.15) is 0 Å². The van der Waals surface area contributed by atoms with Gasteiger partial charge in [0.1, 0.15) is 0 Å². The van der Waals surface area contributed by atoms with Crippen LogP contribution in [0.15, 0.2) is 18.2 Å². The quantitative estimate of drug-likeness (QED) is 0.889. The highest BCUT2D eigenvalue weighted by Crippen LogP contribution is 2.22. The van der Waals surface area contributed by atoms with Crippen molar-refractivity contribution in [2.45, 2.75) is 38.3 Å². The van der Waals surface area contributed by atoms with Crippen molar-refractivity contribution in [2.24, 2.45) is 0 Å². The second kappa shape index (κ2) is 8.08. The lowest BCUT2D eigenvalue weighted by molar-refractivity contribution is -0.121. The van der Waals surface area contributed by atoms with E-state index in [-0.39, 0.29) is 24.4 Å². The molecule has 1 aliphatic heterocycles. The van der Waals surface area contributed by atoms with Gasteiger partial charge in [0.15, 0.2) is 0 Å². The molecule has 1 aliphatic rings. The molecule has 0 bridgehead atoms. The fourth-order valence-electron chi connectivity index (χ4n) is 2.38. The van der Waals surface area contributed by atoms with Crippen LogP contribution >= 0.6 is 35.6 Å². The number of carbonyl (C=O) groups is 1. The third-order valence-corrected chi connectivity index (χ3v) is 4.08. The Morgan fingerprint density at radius 1 is 1.40 bits per heavy atom. The van der Waals surface area contributed by atoms with E-state index in [0.717, 1.165) is 24.9 Å². The molecule has 1 aromatic carbocycles. The molecule has 1 amide bonds. The number of carbonyl (C=O) groups excluding carboxylic acids is 1. The van der Waals surface area contributed by atoms with Crippen molar-refractivity contribution < 1.29 is 4.79 Å². The molecule has 1 aromatic rings. The van der Waals surface area contributed by atoms with Crippen LogP contribution in [0.25, 0.3) is 0 Å². The highest BCUT2D eigenvalue weighted by molar-refractivity contribution is 6.42. The molecular weight excluding hydrogens is 319 g/mol. The minimum Gasteiger partial charge on any atom is -0.353 e. The van der Waals surface area contributed by atoms with Gasteiger partial charge in [0.25, 0.3) is 0 Å². The maximum Gasteiger partial charge on any atom is 0.224 e. The first-order chi connectivity index (χ1) is 9.04. The van der Waals surface area contributed by atoms with E-state index in [9.17, 15) is 4.79 Å². The van der Waals surface area contributed by atoms with Crippen LogP contribution in [0.1, 0.15) is 25.3 Å². The molecule has 2 atom stereocenters. The molecule has 1 saturated heterocycles. The summed E-state index contributed by atoms with van der Waals surface area (Å²) in [6.07, 6.45) is 2.31. The van der Waals surface area contributed by atoms with Gasteiger partial charge in [-0.15, -0.1) is 12.4 Å². The van der Waals surface area contributed by atoms with Crippen molar-refractivity contribution in [1.29, 1.82) is 0 Å². The Hall–Kier alpha value is -0.480. The zero-order valence-electron chi connectivity index (χ0n) is 11.3. The number of amides is 1. The van der Waals surface area contributed by atoms with Gasteiger partial charge in [0.2, 0.25) is 5.91 Å². The lowest BCUT2D eigenvalue weighted by Crippen LogP contribution is -2.46. The van der Waals surface area contributed by atoms with Gasteiger partial charge in [-0.3, -0.25) is 4.79 Å². The first-order valence-electron chi connectivity index (χ1n) is 6.51. The standard InChI is InChI=1S/C14H18Cl2N2O.ClH/c1-9-6-11(4-5-17-9)18-14(19)8-10-2-3-12(15)13(16)7-10;/h2-3,7,9,11,17H,4-6,8H2,1H3,(H,18,19);1H. The number of hydrogen-bond acceptors (Lipinski definition) is 2. The smallest absolute Gasteiger partial charge is 0.224 e. The van der Waals surface area contributed by atoms with Gasteiger partial charge in [0.05, 0.1) is 16.5 Å². The van der Waals surface area contributed by atoms with Crippen LogP contribution in [-0.4, -0.2) is 24.5 Å². The van der Waals surface area contributed by atoms with E-state index in [1.165, 1.54) is 0 Å². The number of nitrogens with one attached hydrogen (secondary N) is 2. The normalized spacial score (nSPS) is 21.9. The zero-order chi connectivity index (χ0) is 13.8. The zero-order valence-corrected chi connectivity index (χ0v) is 13.6. The summed E-state index contributed by atoms with van der Waals surface area (Å²) in [7, 11) is 0. The molecule has 6 heteroatoms. The average molecular weight is 338 g/mol. The van der Waals surface area contributed by atoms with E-state index in [4.69, 9.17) is 23.2 Å². The van der Waals surface area contributed by atoms with E-state index in [1.54, 1.807) is 12.1 Å². The SMILES string of the molecule is CC1CC(NC(=O)Cc2ccc(Cl)c(Cl)c2)CCN1.Cl. The van der Waals surface area contributed by atoms with E-state index < -0.39 is 0 Å². The predicted octanol–water partition coefficient (Wildman–Crippen LogP) is 3.21. The van der Waals surface area contributed by atoms with Gasteiger partial charge < -0.3 is 10.6 Å². The fraction of sp³-hybridized carbons (Fsp3) is 0.500. The third kappa shape index (κ3) is 5.13. The molecular formula is C14H19Cl3N2O. The summed E-state index contributed by atoms with van der Waals surface area (Å²) in [5.74, 6) is 0.0393. The van der Waals surface area contributed by atoms with Gasteiger partial charge in [-0.25, -0.2) is 0 Å². The Kier molecular flexibility index (Phi) is 7.10. The molecule has 1 fully saturated rings. The number of halogens is 3. The highest BCUT2D eigenvalue weighted by Gasteiger charge is 2.19. The van der Waals surface area contributed by atoms with Gasteiger partial charge in [-0.05, 0) is 44.0 Å². The second-order valence-electron chi connectivity index (χ2n) is 5.07. The summed E-state index contributed by atoms with van der Waals surface area (Å²) in [5.41, 5.74) is 0.883. The Labute approximate surface area is 135 Å². The van der Waals surface area contributed by atoms with Crippen molar-refractivity contribution >= 4 is 41.5 Å². The summed E-state index contributed by atoms with van der Waals surface area (Å²) < 4.78 is 0. The molecule has 2 N–H and O–H groups in total. The minimum atomic E-state index is 0. The molecule has 20 heavy (non-hydrogen) atoms. The number of piperidine rings is 1. The predicted molar refractivity (Wildman–Crippen MR) is 86.0 cm³/mol. The van der Waals surface area contributed by atoms with Crippen LogP contribution in [0.4, 0.5) is 0 Å². The molecule has 1 heterocycles. The summed E-state index contributed by atoms with van der Waals surface area (Å²) in [6.45, 7) is 3.09. The Morgan fingerprint density at radius 3 is 2.80 bits per heavy atom. The van der Waals surface area contributed by atoms with Crippen molar-refractivity contribution in [3.05, 3.63) is 33.8 Å². The monoisotopic (exact) mass is 336 g/mol. The maximum absolute atomic E-state index is 12.0. The van der Waals surface area contributed by atoms with Crippen LogP contribution in [0.5, 0.6) is 0 Å². The molecule has 0 radical (unpaired) electrons. The average Bonchev–Trinajstić information content (AvgIpc) is 2.34. The molecule has 0 spiro atoms. The Morgan fingerprint density at radius 2 is 2.15 bits per heavy atom. The summed E-state index contributed by atoms with van der Waals surface area (Å²) in [5, 5.41) is 7.44. The summed E-state index contributed by atoms with van der Waals surface area (Å²) >= 11 is 11.8. The highest BCUT2D eigenvalue weighted by atomic mass is 35.5. The van der Waals surface area contributed by atoms with Crippen molar-refractivity contribution in [2.75, 3.05) is 6.54 Å². The largest absolute Gasteiger partial charge is 0.353 e. The first-order valence-corrected chi connectivity index (χ1v) is 7.27. The van der Waals surface area contributed by atoms with E-state index in [2.05, 4.69) is 17.6 Å². The molecule has 0 aromatic heterocycles. The summed E-state index contributed by atoms with van der Waals surface area (Å²) in [6, 6.07) is 6.03. The molecule has 3 nitrogen and oxygen atoms in total. The van der Waals surface area contributed by atoms with Crippen molar-refractivity contribution in [1.82, 2.24) is 10.6 Å². The number of hydrogen-bond donors (Lipinski definition) is 2. The number of rotatable bonds is 3.